The van der Waals surface area contributed by atoms with Crippen LogP contribution < -0.4 is 4.74 Å². The van der Waals surface area contributed by atoms with E-state index in [0.717, 1.165) is 35.4 Å². The molecule has 180 valence electrons. The second kappa shape index (κ2) is 9.78. The molecule has 0 fully saturated rings. The zero-order valence-corrected chi connectivity index (χ0v) is 19.3. The molecule has 0 aliphatic heterocycles. The standard InChI is InChI=1S/C28H24F3NO3/c1-17(2)13-14-35-22-10-7-19(8-11-22)18-3-5-20(6-4-18)26-16-24(27(33)34)23-15-21(28(29,30)31)9-12-25(23)32-26/h3-12,15-17H,13-14H2,1-2H3,(H,33,34). The highest BCUT2D eigenvalue weighted by Crippen LogP contribution is 2.34. The maximum Gasteiger partial charge on any atom is 0.416 e. The Hall–Kier alpha value is -3.87. The molecule has 1 heterocycles. The maximum atomic E-state index is 13.1. The number of aromatic nitrogens is 1. The van der Waals surface area contributed by atoms with Gasteiger partial charge >= 0.3 is 12.1 Å². The van der Waals surface area contributed by atoms with Gasteiger partial charge in [-0.2, -0.15) is 13.2 Å². The van der Waals surface area contributed by atoms with Crippen LogP contribution in [0.4, 0.5) is 13.2 Å². The third-order valence-electron chi connectivity index (χ3n) is 5.70. The molecule has 35 heavy (non-hydrogen) atoms. The Morgan fingerprint density at radius 1 is 0.914 bits per heavy atom. The number of halogens is 3. The minimum Gasteiger partial charge on any atom is -0.494 e. The molecule has 3 aromatic carbocycles. The summed E-state index contributed by atoms with van der Waals surface area (Å²) in [5, 5.41) is 9.57. The average molecular weight is 479 g/mol. The highest BCUT2D eigenvalue weighted by atomic mass is 19.4. The summed E-state index contributed by atoms with van der Waals surface area (Å²) in [5.74, 6) is 0.0698. The maximum absolute atomic E-state index is 13.1. The first-order chi connectivity index (χ1) is 16.6. The molecule has 0 radical (unpaired) electrons. The quantitative estimate of drug-likeness (QED) is 0.295. The minimum absolute atomic E-state index is 0.0524. The van der Waals surface area contributed by atoms with E-state index in [1.807, 2.05) is 48.5 Å². The molecule has 0 unspecified atom stereocenters. The van der Waals surface area contributed by atoms with Crippen LogP contribution in [0.2, 0.25) is 0 Å². The molecule has 4 rings (SSSR count). The molecule has 0 spiro atoms. The van der Waals surface area contributed by atoms with E-state index < -0.39 is 17.7 Å². The van der Waals surface area contributed by atoms with Crippen molar-refractivity contribution in [2.75, 3.05) is 6.61 Å². The average Bonchev–Trinajstić information content (AvgIpc) is 2.82. The number of benzene rings is 3. The van der Waals surface area contributed by atoms with Crippen molar-refractivity contribution in [1.29, 1.82) is 0 Å². The molecule has 0 atom stereocenters. The number of hydrogen-bond acceptors (Lipinski definition) is 3. The number of nitrogens with zero attached hydrogens (tertiary/aromatic N) is 1. The van der Waals surface area contributed by atoms with E-state index in [4.69, 9.17) is 4.74 Å². The molecule has 0 saturated carbocycles. The van der Waals surface area contributed by atoms with E-state index >= 15 is 0 Å². The molecule has 4 aromatic rings. The Kier molecular flexibility index (Phi) is 6.78. The van der Waals surface area contributed by atoms with Gasteiger partial charge in [0.15, 0.2) is 0 Å². The minimum atomic E-state index is -4.57. The summed E-state index contributed by atoms with van der Waals surface area (Å²) in [5.41, 5.74) is 2.02. The van der Waals surface area contributed by atoms with E-state index in [0.29, 0.717) is 23.8 Å². The number of rotatable bonds is 7. The molecule has 4 nitrogen and oxygen atoms in total. The smallest absolute Gasteiger partial charge is 0.416 e. The first-order valence-electron chi connectivity index (χ1n) is 11.2. The zero-order chi connectivity index (χ0) is 25.2. The van der Waals surface area contributed by atoms with Crippen LogP contribution in [0.25, 0.3) is 33.3 Å². The van der Waals surface area contributed by atoms with Crippen LogP contribution in [-0.2, 0) is 6.18 Å². The summed E-state index contributed by atoms with van der Waals surface area (Å²) in [7, 11) is 0. The fourth-order valence-corrected chi connectivity index (χ4v) is 3.72. The van der Waals surface area contributed by atoms with Gasteiger partial charge in [0.25, 0.3) is 0 Å². The number of ether oxygens (including phenoxy) is 1. The van der Waals surface area contributed by atoms with Crippen molar-refractivity contribution < 1.29 is 27.8 Å². The van der Waals surface area contributed by atoms with E-state index in [-0.39, 0.29) is 16.5 Å². The molecule has 0 saturated heterocycles. The second-order valence-electron chi connectivity index (χ2n) is 8.72. The van der Waals surface area contributed by atoms with Gasteiger partial charge in [-0.05, 0) is 59.9 Å². The van der Waals surface area contributed by atoms with Crippen molar-refractivity contribution in [3.05, 3.63) is 83.9 Å². The highest BCUT2D eigenvalue weighted by molar-refractivity contribution is 6.04. The van der Waals surface area contributed by atoms with Crippen molar-refractivity contribution in [3.8, 4) is 28.1 Å². The SMILES string of the molecule is CC(C)CCOc1ccc(-c2ccc(-c3cc(C(=O)O)c4cc(C(F)(F)F)ccc4n3)cc2)cc1. The molecule has 0 amide bonds. The Morgan fingerprint density at radius 3 is 2.09 bits per heavy atom. The highest BCUT2D eigenvalue weighted by Gasteiger charge is 2.31. The van der Waals surface area contributed by atoms with Gasteiger partial charge in [0, 0.05) is 10.9 Å². The first kappa shape index (κ1) is 24.3. The molecule has 1 aromatic heterocycles. The number of pyridine rings is 1. The molecule has 0 aliphatic rings. The fourth-order valence-electron chi connectivity index (χ4n) is 3.72. The van der Waals surface area contributed by atoms with Crippen LogP contribution in [0, 0.1) is 5.92 Å². The van der Waals surface area contributed by atoms with Gasteiger partial charge in [-0.3, -0.25) is 0 Å². The van der Waals surface area contributed by atoms with Crippen molar-refractivity contribution in [1.82, 2.24) is 4.98 Å². The summed E-state index contributed by atoms with van der Waals surface area (Å²) >= 11 is 0. The summed E-state index contributed by atoms with van der Waals surface area (Å²) in [6.45, 7) is 4.96. The van der Waals surface area contributed by atoms with Gasteiger partial charge in [-0.15, -0.1) is 0 Å². The molecule has 0 aliphatic carbocycles. The second-order valence-corrected chi connectivity index (χ2v) is 8.72. The van der Waals surface area contributed by atoms with Gasteiger partial charge in [-0.1, -0.05) is 50.2 Å². The number of fused-ring (bicyclic) bond motifs is 1. The van der Waals surface area contributed by atoms with Crippen molar-refractivity contribution in [2.24, 2.45) is 5.92 Å². The van der Waals surface area contributed by atoms with Gasteiger partial charge < -0.3 is 9.84 Å². The number of alkyl halides is 3. The lowest BCUT2D eigenvalue weighted by Gasteiger charge is -2.11. The number of carboxylic acid groups (broad SMARTS) is 1. The van der Waals surface area contributed by atoms with Crippen molar-refractivity contribution in [2.45, 2.75) is 26.4 Å². The van der Waals surface area contributed by atoms with E-state index in [9.17, 15) is 23.1 Å². The molecule has 0 bridgehead atoms. The summed E-state index contributed by atoms with van der Waals surface area (Å²) in [6, 6.07) is 19.4. The Labute approximate surface area is 201 Å². The predicted molar refractivity (Wildman–Crippen MR) is 130 cm³/mol. The summed E-state index contributed by atoms with van der Waals surface area (Å²) < 4.78 is 45.1. The number of carbonyl (C=O) groups is 1. The van der Waals surface area contributed by atoms with Gasteiger partial charge in [0.05, 0.1) is 28.9 Å². The number of carboxylic acids is 1. The Balaban J connectivity index is 1.60. The molecule has 1 N–H and O–H groups in total. The first-order valence-corrected chi connectivity index (χ1v) is 11.2. The van der Waals surface area contributed by atoms with Crippen molar-refractivity contribution in [3.63, 3.8) is 0 Å². The molecule has 7 heteroatoms. The van der Waals surface area contributed by atoms with E-state index in [2.05, 4.69) is 18.8 Å². The monoisotopic (exact) mass is 479 g/mol. The van der Waals surface area contributed by atoms with Crippen LogP contribution in [0.3, 0.4) is 0 Å². The lowest BCUT2D eigenvalue weighted by atomic mass is 10.00. The van der Waals surface area contributed by atoms with Gasteiger partial charge in [0.2, 0.25) is 0 Å². The number of aromatic carboxylic acids is 1. The van der Waals surface area contributed by atoms with Gasteiger partial charge in [-0.25, -0.2) is 9.78 Å². The largest absolute Gasteiger partial charge is 0.494 e. The normalized spacial score (nSPS) is 11.7. The fraction of sp³-hybridized carbons (Fsp3) is 0.214. The molecular weight excluding hydrogens is 455 g/mol. The van der Waals surface area contributed by atoms with E-state index in [1.165, 1.54) is 12.1 Å². The topological polar surface area (TPSA) is 59.4 Å². The zero-order valence-electron chi connectivity index (χ0n) is 19.3. The Morgan fingerprint density at radius 2 is 1.51 bits per heavy atom. The third kappa shape index (κ3) is 5.62. The third-order valence-corrected chi connectivity index (χ3v) is 5.70. The van der Waals surface area contributed by atoms with Crippen molar-refractivity contribution >= 4 is 16.9 Å². The lowest BCUT2D eigenvalue weighted by molar-refractivity contribution is -0.137. The van der Waals surface area contributed by atoms with Crippen LogP contribution >= 0.6 is 0 Å². The lowest BCUT2D eigenvalue weighted by Crippen LogP contribution is -2.06. The van der Waals surface area contributed by atoms with Crippen LogP contribution in [-0.4, -0.2) is 22.7 Å². The van der Waals surface area contributed by atoms with Gasteiger partial charge in [0.1, 0.15) is 5.75 Å². The predicted octanol–water partition coefficient (Wildman–Crippen LogP) is 7.71. The summed E-state index contributed by atoms with van der Waals surface area (Å²) in [6.07, 6.45) is -3.59. The Bertz CT molecular complexity index is 1350. The van der Waals surface area contributed by atoms with Crippen LogP contribution in [0.5, 0.6) is 5.75 Å². The molecular formula is C28H24F3NO3. The van der Waals surface area contributed by atoms with E-state index in [1.54, 1.807) is 0 Å². The summed E-state index contributed by atoms with van der Waals surface area (Å²) in [4.78, 5) is 16.2. The number of hydrogen-bond donors (Lipinski definition) is 1. The van der Waals surface area contributed by atoms with Crippen LogP contribution in [0.1, 0.15) is 36.2 Å². The van der Waals surface area contributed by atoms with Crippen LogP contribution in [0.15, 0.2) is 72.8 Å².